The van der Waals surface area contributed by atoms with Crippen molar-refractivity contribution in [3.8, 4) is 0 Å². The maximum absolute atomic E-state index is 5.02. The van der Waals surface area contributed by atoms with Gasteiger partial charge in [0, 0.05) is 11.4 Å². The third-order valence-corrected chi connectivity index (χ3v) is 7.55. The molecule has 0 amide bonds. The van der Waals surface area contributed by atoms with E-state index < -0.39 is 16.5 Å². The highest BCUT2D eigenvalue weighted by atomic mass is 28.3. The van der Waals surface area contributed by atoms with E-state index >= 15 is 0 Å². The quantitative estimate of drug-likeness (QED) is 0.299. The Labute approximate surface area is 172 Å². The summed E-state index contributed by atoms with van der Waals surface area (Å²) in [6.45, 7) is 18.0. The first-order valence-electron chi connectivity index (χ1n) is 9.81. The monoisotopic (exact) mass is 410 g/mol. The molecule has 0 N–H and O–H groups in total. The summed E-state index contributed by atoms with van der Waals surface area (Å²) in [5.74, 6) is 0. The van der Waals surface area contributed by atoms with Gasteiger partial charge in [-0.25, -0.2) is 0 Å². The maximum atomic E-state index is 5.02. The molecule has 0 heterocycles. The number of hydrogen-bond donors (Lipinski definition) is 0. The lowest BCUT2D eigenvalue weighted by molar-refractivity contribution is 1.10. The van der Waals surface area contributed by atoms with Crippen LogP contribution >= 0.6 is 0 Å². The van der Waals surface area contributed by atoms with Gasteiger partial charge in [0.05, 0.1) is 11.4 Å². The summed E-state index contributed by atoms with van der Waals surface area (Å²) in [5, 5.41) is 10.0. The molecule has 150 valence electrons. The molecule has 4 nitrogen and oxygen atoms in total. The van der Waals surface area contributed by atoms with Gasteiger partial charge in [-0.1, -0.05) is 36.4 Å². The van der Waals surface area contributed by atoms with E-state index in [1.165, 1.54) is 0 Å². The van der Waals surface area contributed by atoms with E-state index in [0.29, 0.717) is 0 Å². The van der Waals surface area contributed by atoms with Crippen LogP contribution in [0.4, 0.5) is 11.4 Å². The Morgan fingerprint density at radius 2 is 0.857 bits per heavy atom. The Kier molecular flexibility index (Phi) is 7.01. The third kappa shape index (κ3) is 5.91. The molecular formula is C22H34N4Si2. The van der Waals surface area contributed by atoms with Crippen molar-refractivity contribution in [1.29, 1.82) is 0 Å². The zero-order valence-electron chi connectivity index (χ0n) is 18.6. The fourth-order valence-electron chi connectivity index (χ4n) is 2.77. The van der Waals surface area contributed by atoms with Gasteiger partial charge in [0.25, 0.3) is 0 Å². The highest BCUT2D eigenvalue weighted by Gasteiger charge is 2.27. The average Bonchev–Trinajstić information content (AvgIpc) is 2.63. The largest absolute Gasteiger partial charge is 0.295 e. The molecule has 0 aliphatic heterocycles. The van der Waals surface area contributed by atoms with Gasteiger partial charge in [0.1, 0.15) is 0 Å². The van der Waals surface area contributed by atoms with Crippen molar-refractivity contribution in [3.05, 3.63) is 60.7 Å². The second-order valence-electron chi connectivity index (χ2n) is 9.01. The van der Waals surface area contributed by atoms with Crippen molar-refractivity contribution in [2.24, 2.45) is 10.2 Å². The molecule has 0 unspecified atom stereocenters. The highest BCUT2D eigenvalue weighted by Crippen LogP contribution is 2.23. The molecule has 0 aromatic heterocycles. The Bertz CT molecular complexity index is 748. The summed E-state index contributed by atoms with van der Waals surface area (Å²) in [4.78, 5) is 0. The molecule has 0 spiro atoms. The number of benzene rings is 2. The molecule has 2 rings (SSSR count). The number of para-hydroxylation sites is 2. The summed E-state index contributed by atoms with van der Waals surface area (Å²) in [7, 11) is -3.38. The fourth-order valence-corrected chi connectivity index (χ4v) is 5.52. The smallest absolute Gasteiger partial charge is 0.176 e. The molecule has 0 saturated heterocycles. The van der Waals surface area contributed by atoms with Crippen LogP contribution in [0.2, 0.25) is 39.3 Å². The Balaban J connectivity index is 2.42. The number of hydrazone groups is 2. The van der Waals surface area contributed by atoms with E-state index in [1.807, 2.05) is 12.1 Å². The Morgan fingerprint density at radius 1 is 0.571 bits per heavy atom. The van der Waals surface area contributed by atoms with Gasteiger partial charge in [0.15, 0.2) is 16.5 Å². The molecule has 0 radical (unpaired) electrons. The normalized spacial score (nSPS) is 13.4. The lowest BCUT2D eigenvalue weighted by atomic mass is 10.3. The van der Waals surface area contributed by atoms with Crippen molar-refractivity contribution in [1.82, 2.24) is 0 Å². The van der Waals surface area contributed by atoms with E-state index in [9.17, 15) is 0 Å². The van der Waals surface area contributed by atoms with Crippen molar-refractivity contribution in [3.63, 3.8) is 0 Å². The Hall–Kier alpha value is -2.19. The fraction of sp³-hybridized carbons (Fsp3) is 0.364. The summed E-state index contributed by atoms with van der Waals surface area (Å²) >= 11 is 0. The van der Waals surface area contributed by atoms with Crippen molar-refractivity contribution >= 4 is 39.3 Å². The van der Waals surface area contributed by atoms with Gasteiger partial charge < -0.3 is 0 Å². The van der Waals surface area contributed by atoms with E-state index in [-0.39, 0.29) is 0 Å². The lowest BCUT2D eigenvalue weighted by Crippen LogP contribution is -2.44. The van der Waals surface area contributed by atoms with Crippen LogP contribution in [0.25, 0.3) is 0 Å². The van der Waals surface area contributed by atoms with Crippen molar-refractivity contribution < 1.29 is 0 Å². The minimum atomic E-state index is -1.69. The molecule has 0 aliphatic rings. The van der Waals surface area contributed by atoms with Crippen molar-refractivity contribution in [2.75, 3.05) is 9.35 Å². The van der Waals surface area contributed by atoms with Crippen LogP contribution in [0, 0.1) is 0 Å². The molecule has 0 atom stereocenters. The molecule has 0 saturated carbocycles. The van der Waals surface area contributed by atoms with Gasteiger partial charge in [-0.15, -0.1) is 0 Å². The van der Waals surface area contributed by atoms with Gasteiger partial charge in [0.2, 0.25) is 0 Å². The second kappa shape index (κ2) is 8.88. The van der Waals surface area contributed by atoms with Crippen LogP contribution in [-0.4, -0.2) is 27.9 Å². The molecule has 0 bridgehead atoms. The van der Waals surface area contributed by atoms with E-state index in [2.05, 4.69) is 111 Å². The zero-order chi connectivity index (χ0) is 20.9. The molecule has 0 aliphatic carbocycles. The van der Waals surface area contributed by atoms with E-state index in [0.717, 1.165) is 22.8 Å². The molecule has 0 fully saturated rings. The lowest BCUT2D eigenvalue weighted by Gasteiger charge is -2.33. The number of nitrogens with zero attached hydrogens (tertiary/aromatic N) is 4. The zero-order valence-corrected chi connectivity index (χ0v) is 20.6. The van der Waals surface area contributed by atoms with Crippen LogP contribution in [0.3, 0.4) is 0 Å². The van der Waals surface area contributed by atoms with Crippen LogP contribution in [-0.2, 0) is 0 Å². The maximum Gasteiger partial charge on any atom is 0.176 e. The van der Waals surface area contributed by atoms with E-state index in [4.69, 9.17) is 10.2 Å². The second-order valence-corrected chi connectivity index (χ2v) is 18.5. The van der Waals surface area contributed by atoms with Crippen molar-refractivity contribution in [2.45, 2.75) is 53.1 Å². The van der Waals surface area contributed by atoms with Gasteiger partial charge in [-0.3, -0.25) is 9.35 Å². The summed E-state index contributed by atoms with van der Waals surface area (Å²) in [6, 6.07) is 20.8. The molecular weight excluding hydrogens is 376 g/mol. The average molecular weight is 411 g/mol. The molecule has 2 aromatic carbocycles. The predicted molar refractivity (Wildman–Crippen MR) is 131 cm³/mol. The summed E-state index contributed by atoms with van der Waals surface area (Å²) in [6.07, 6.45) is 0. The molecule has 2 aromatic rings. The van der Waals surface area contributed by atoms with Crippen LogP contribution in [0.15, 0.2) is 70.9 Å². The standard InChI is InChI=1S/C22H34N4Si2/c1-19(23-25(27(3,4)5)21-15-11-9-12-16-21)20(2)24-26(28(6,7)8)22-17-13-10-14-18-22/h9-18H,1-8H3/b23-19+,24-20+. The minimum absolute atomic E-state index is 0.949. The first kappa shape index (κ1) is 22.1. The predicted octanol–water partition coefficient (Wildman–Crippen LogP) is 6.42. The summed E-state index contributed by atoms with van der Waals surface area (Å²) in [5.41, 5.74) is 4.17. The van der Waals surface area contributed by atoms with Crippen LogP contribution in [0.5, 0.6) is 0 Å². The minimum Gasteiger partial charge on any atom is -0.295 e. The summed E-state index contributed by atoms with van der Waals surface area (Å²) < 4.78 is 4.42. The Morgan fingerprint density at radius 3 is 1.11 bits per heavy atom. The first-order valence-corrected chi connectivity index (χ1v) is 16.7. The van der Waals surface area contributed by atoms with Crippen LogP contribution in [0.1, 0.15) is 13.8 Å². The topological polar surface area (TPSA) is 31.2 Å². The number of hydrogen-bond acceptors (Lipinski definition) is 4. The van der Waals surface area contributed by atoms with Crippen LogP contribution < -0.4 is 9.35 Å². The molecule has 28 heavy (non-hydrogen) atoms. The van der Waals surface area contributed by atoms with Gasteiger partial charge in [-0.2, -0.15) is 10.2 Å². The third-order valence-electron chi connectivity index (χ3n) is 4.30. The first-order chi connectivity index (χ1) is 13.0. The van der Waals surface area contributed by atoms with E-state index in [1.54, 1.807) is 0 Å². The number of anilines is 2. The SMILES string of the molecule is CC(=N\N(c1ccccc1)[Si](C)(C)C)/C(C)=N/N(c1ccccc1)[Si](C)(C)C. The number of rotatable bonds is 7. The highest BCUT2D eigenvalue weighted by molar-refractivity contribution is 6.80. The van der Waals surface area contributed by atoms with Gasteiger partial charge in [-0.05, 0) is 77.4 Å². The van der Waals surface area contributed by atoms with Gasteiger partial charge >= 0.3 is 0 Å². The molecule has 6 heteroatoms.